The highest BCUT2D eigenvalue weighted by molar-refractivity contribution is 6.02. The average Bonchev–Trinajstić information content (AvgIpc) is 2.66. The van der Waals surface area contributed by atoms with Crippen molar-refractivity contribution in [2.45, 2.75) is 19.7 Å². The van der Waals surface area contributed by atoms with Gasteiger partial charge in [0.25, 0.3) is 5.91 Å². The molecular weight excluding hydrogens is 373 g/mol. The zero-order chi connectivity index (χ0) is 20.7. The lowest BCUT2D eigenvalue weighted by atomic mass is 10.1. The molecule has 0 aromatic heterocycles. The fourth-order valence-corrected chi connectivity index (χ4v) is 2.36. The van der Waals surface area contributed by atoms with Gasteiger partial charge in [0.1, 0.15) is 12.4 Å². The third-order valence-electron chi connectivity index (χ3n) is 3.69. The first kappa shape index (κ1) is 21.0. The smallest absolute Gasteiger partial charge is 0.416 e. The second kappa shape index (κ2) is 9.07. The maximum Gasteiger partial charge on any atom is 0.416 e. The molecule has 0 fully saturated rings. The molecular formula is C20H19F3N2O3. The van der Waals surface area contributed by atoms with Crippen molar-refractivity contribution in [2.24, 2.45) is 0 Å². The highest BCUT2D eigenvalue weighted by Gasteiger charge is 2.30. The number of alkyl halides is 3. The topological polar surface area (TPSA) is 67.4 Å². The van der Waals surface area contributed by atoms with E-state index < -0.39 is 17.6 Å². The number of amides is 2. The maximum absolute atomic E-state index is 12.8. The fourth-order valence-electron chi connectivity index (χ4n) is 2.36. The van der Waals surface area contributed by atoms with Gasteiger partial charge in [-0.3, -0.25) is 9.59 Å². The number of hydrogen-bond donors (Lipinski definition) is 2. The minimum Gasteiger partial charge on any atom is -0.487 e. The first-order valence-corrected chi connectivity index (χ1v) is 8.33. The molecule has 0 bridgehead atoms. The van der Waals surface area contributed by atoms with Crippen LogP contribution in [-0.4, -0.2) is 18.9 Å². The molecule has 0 heterocycles. The molecule has 0 saturated carbocycles. The van der Waals surface area contributed by atoms with Crippen molar-refractivity contribution in [3.8, 4) is 5.75 Å². The molecule has 28 heavy (non-hydrogen) atoms. The summed E-state index contributed by atoms with van der Waals surface area (Å²) in [5.41, 5.74) is 0.0713. The Balaban J connectivity index is 2.26. The second-order valence-corrected chi connectivity index (χ2v) is 5.77. The van der Waals surface area contributed by atoms with E-state index in [-0.39, 0.29) is 24.0 Å². The van der Waals surface area contributed by atoms with Crippen LogP contribution in [0.4, 0.5) is 18.9 Å². The summed E-state index contributed by atoms with van der Waals surface area (Å²) in [7, 11) is 1.47. The van der Waals surface area contributed by atoms with Gasteiger partial charge in [-0.25, -0.2) is 0 Å². The van der Waals surface area contributed by atoms with Gasteiger partial charge in [0.15, 0.2) is 0 Å². The highest BCUT2D eigenvalue weighted by Crippen LogP contribution is 2.31. The first-order valence-electron chi connectivity index (χ1n) is 8.33. The number of nitrogens with one attached hydrogen (secondary N) is 2. The van der Waals surface area contributed by atoms with Crippen molar-refractivity contribution >= 4 is 17.5 Å². The Labute approximate surface area is 160 Å². The molecule has 0 spiro atoms. The van der Waals surface area contributed by atoms with Crippen LogP contribution in [0.2, 0.25) is 0 Å². The van der Waals surface area contributed by atoms with Crippen molar-refractivity contribution in [1.29, 1.82) is 0 Å². The van der Waals surface area contributed by atoms with Gasteiger partial charge in [0.2, 0.25) is 5.91 Å². The quantitative estimate of drug-likeness (QED) is 0.726. The Kier molecular flexibility index (Phi) is 6.81. The van der Waals surface area contributed by atoms with Gasteiger partial charge < -0.3 is 15.4 Å². The van der Waals surface area contributed by atoms with Crippen molar-refractivity contribution in [2.75, 3.05) is 12.4 Å². The van der Waals surface area contributed by atoms with Crippen molar-refractivity contribution in [1.82, 2.24) is 5.32 Å². The van der Waals surface area contributed by atoms with Crippen LogP contribution in [0.15, 0.2) is 54.6 Å². The predicted molar refractivity (Wildman–Crippen MR) is 99.1 cm³/mol. The Hall–Kier alpha value is -3.29. The van der Waals surface area contributed by atoms with Crippen LogP contribution < -0.4 is 15.4 Å². The number of rotatable bonds is 6. The highest BCUT2D eigenvalue weighted by atomic mass is 19.4. The molecule has 0 aliphatic rings. The van der Waals surface area contributed by atoms with Crippen LogP contribution in [-0.2, 0) is 17.6 Å². The number of anilines is 1. The number of benzene rings is 2. The SMILES string of the molecule is C/C=C/C(=O)Nc1cc(C(=O)NC)ccc1OCc1cccc(C(F)(F)F)c1. The summed E-state index contributed by atoms with van der Waals surface area (Å²) in [6.07, 6.45) is -1.61. The molecule has 0 aliphatic carbocycles. The molecule has 5 nitrogen and oxygen atoms in total. The molecule has 2 aromatic rings. The molecule has 0 saturated heterocycles. The summed E-state index contributed by atoms with van der Waals surface area (Å²) >= 11 is 0. The lowest BCUT2D eigenvalue weighted by Gasteiger charge is -2.14. The summed E-state index contributed by atoms with van der Waals surface area (Å²) in [5.74, 6) is -0.561. The molecule has 2 rings (SSSR count). The van der Waals surface area contributed by atoms with Gasteiger partial charge in [0, 0.05) is 12.6 Å². The van der Waals surface area contributed by atoms with Gasteiger partial charge in [-0.05, 0) is 48.9 Å². The first-order chi connectivity index (χ1) is 13.2. The van der Waals surface area contributed by atoms with Crippen molar-refractivity contribution in [3.05, 3.63) is 71.3 Å². The van der Waals surface area contributed by atoms with E-state index in [0.717, 1.165) is 12.1 Å². The number of carbonyl (C=O) groups excluding carboxylic acids is 2. The van der Waals surface area contributed by atoms with Crippen LogP contribution in [0.1, 0.15) is 28.4 Å². The minimum atomic E-state index is -4.45. The molecule has 2 N–H and O–H groups in total. The number of halogens is 3. The summed E-state index contributed by atoms with van der Waals surface area (Å²) < 4.78 is 44.1. The molecule has 0 aliphatic heterocycles. The van der Waals surface area contributed by atoms with Crippen molar-refractivity contribution < 1.29 is 27.5 Å². The van der Waals surface area contributed by atoms with Gasteiger partial charge in [-0.15, -0.1) is 0 Å². The molecule has 148 valence electrons. The number of hydrogen-bond acceptors (Lipinski definition) is 3. The fraction of sp³-hybridized carbons (Fsp3) is 0.200. The maximum atomic E-state index is 12.8. The second-order valence-electron chi connectivity index (χ2n) is 5.77. The Morgan fingerprint density at radius 1 is 1.14 bits per heavy atom. The van der Waals surface area contributed by atoms with Crippen LogP contribution in [0.3, 0.4) is 0 Å². The third kappa shape index (κ3) is 5.60. The van der Waals surface area contributed by atoms with E-state index in [1.807, 2.05) is 0 Å². The monoisotopic (exact) mass is 392 g/mol. The van der Waals surface area contributed by atoms with E-state index in [1.165, 1.54) is 43.5 Å². The van der Waals surface area contributed by atoms with Crippen LogP contribution >= 0.6 is 0 Å². The largest absolute Gasteiger partial charge is 0.487 e. The number of allylic oxidation sites excluding steroid dienone is 1. The van der Waals surface area contributed by atoms with Gasteiger partial charge in [0.05, 0.1) is 11.3 Å². The Morgan fingerprint density at radius 2 is 1.89 bits per heavy atom. The van der Waals surface area contributed by atoms with E-state index in [1.54, 1.807) is 13.0 Å². The minimum absolute atomic E-state index is 0.143. The molecule has 0 radical (unpaired) electrons. The molecule has 2 amide bonds. The molecule has 0 unspecified atom stereocenters. The van der Waals surface area contributed by atoms with E-state index in [4.69, 9.17) is 4.74 Å². The van der Waals surface area contributed by atoms with Crippen molar-refractivity contribution in [3.63, 3.8) is 0 Å². The van der Waals surface area contributed by atoms with Crippen LogP contribution in [0.25, 0.3) is 0 Å². The molecule has 2 aromatic carbocycles. The van der Waals surface area contributed by atoms with E-state index in [9.17, 15) is 22.8 Å². The normalized spacial score (nSPS) is 11.3. The van der Waals surface area contributed by atoms with Gasteiger partial charge >= 0.3 is 6.18 Å². The Bertz CT molecular complexity index is 893. The van der Waals surface area contributed by atoms with Crippen LogP contribution in [0.5, 0.6) is 5.75 Å². The van der Waals surface area contributed by atoms with E-state index in [0.29, 0.717) is 11.1 Å². The van der Waals surface area contributed by atoms with E-state index >= 15 is 0 Å². The van der Waals surface area contributed by atoms with Gasteiger partial charge in [-0.1, -0.05) is 18.2 Å². The summed E-state index contributed by atoms with van der Waals surface area (Å²) in [5, 5.41) is 5.06. The predicted octanol–water partition coefficient (Wildman–Crippen LogP) is 4.16. The lowest BCUT2D eigenvalue weighted by molar-refractivity contribution is -0.137. The number of ether oxygens (including phenoxy) is 1. The zero-order valence-corrected chi connectivity index (χ0v) is 15.3. The summed E-state index contributed by atoms with van der Waals surface area (Å²) in [6.45, 7) is 1.53. The summed E-state index contributed by atoms with van der Waals surface area (Å²) in [4.78, 5) is 23.7. The number of carbonyl (C=O) groups is 2. The Morgan fingerprint density at radius 3 is 2.54 bits per heavy atom. The molecule has 8 heteroatoms. The zero-order valence-electron chi connectivity index (χ0n) is 15.3. The standard InChI is InChI=1S/C20H19F3N2O3/c1-3-5-18(26)25-16-11-14(19(27)24-2)8-9-17(16)28-12-13-6-4-7-15(10-13)20(21,22)23/h3-11H,12H2,1-2H3,(H,24,27)(H,25,26)/b5-3+. The molecule has 0 atom stereocenters. The van der Waals surface area contributed by atoms with E-state index in [2.05, 4.69) is 10.6 Å². The van der Waals surface area contributed by atoms with Crippen LogP contribution in [0, 0.1) is 0 Å². The van der Waals surface area contributed by atoms with Gasteiger partial charge in [-0.2, -0.15) is 13.2 Å². The third-order valence-corrected chi connectivity index (χ3v) is 3.69. The lowest BCUT2D eigenvalue weighted by Crippen LogP contribution is -2.18. The average molecular weight is 392 g/mol. The summed E-state index contributed by atoms with van der Waals surface area (Å²) in [6, 6.07) is 9.18.